The third-order valence-corrected chi connectivity index (χ3v) is 1.98. The SMILES string of the molecule is NCc1cccc(-n2cc(Cl)cn2)n1. The summed E-state index contributed by atoms with van der Waals surface area (Å²) in [6, 6.07) is 5.61. The largest absolute Gasteiger partial charge is 0.325 e. The van der Waals surface area contributed by atoms with Crippen molar-refractivity contribution >= 4 is 11.6 Å². The van der Waals surface area contributed by atoms with Gasteiger partial charge in [-0.25, -0.2) is 9.67 Å². The third-order valence-electron chi connectivity index (χ3n) is 1.79. The molecular weight excluding hydrogens is 200 g/mol. The molecule has 0 aliphatic heterocycles. The van der Waals surface area contributed by atoms with E-state index in [2.05, 4.69) is 10.1 Å². The molecule has 0 bridgehead atoms. The number of hydrogen-bond acceptors (Lipinski definition) is 3. The number of nitrogens with zero attached hydrogens (tertiary/aromatic N) is 3. The summed E-state index contributed by atoms with van der Waals surface area (Å²) >= 11 is 5.75. The maximum Gasteiger partial charge on any atom is 0.153 e. The molecule has 0 atom stereocenters. The predicted octanol–water partition coefficient (Wildman–Crippen LogP) is 1.38. The second kappa shape index (κ2) is 3.77. The lowest BCUT2D eigenvalue weighted by Gasteiger charge is -2.01. The first-order valence-corrected chi connectivity index (χ1v) is 4.54. The van der Waals surface area contributed by atoms with Gasteiger partial charge < -0.3 is 5.73 Å². The molecule has 0 aliphatic rings. The average Bonchev–Trinajstić information content (AvgIpc) is 2.65. The van der Waals surface area contributed by atoms with Crippen LogP contribution in [0.25, 0.3) is 5.82 Å². The van der Waals surface area contributed by atoms with Crippen LogP contribution in [0.4, 0.5) is 0 Å². The van der Waals surface area contributed by atoms with Crippen molar-refractivity contribution in [1.82, 2.24) is 14.8 Å². The first-order valence-electron chi connectivity index (χ1n) is 4.16. The van der Waals surface area contributed by atoms with Crippen LogP contribution < -0.4 is 5.73 Å². The summed E-state index contributed by atoms with van der Waals surface area (Å²) in [5.41, 5.74) is 6.31. The highest BCUT2D eigenvalue weighted by Crippen LogP contribution is 2.09. The zero-order valence-electron chi connectivity index (χ0n) is 7.39. The highest BCUT2D eigenvalue weighted by Gasteiger charge is 2.00. The molecular formula is C9H9ClN4. The fourth-order valence-corrected chi connectivity index (χ4v) is 1.27. The average molecular weight is 209 g/mol. The Morgan fingerprint density at radius 3 is 2.93 bits per heavy atom. The van der Waals surface area contributed by atoms with Crippen LogP contribution in [0.5, 0.6) is 0 Å². The Balaban J connectivity index is 2.41. The van der Waals surface area contributed by atoms with E-state index in [0.717, 1.165) is 11.5 Å². The Hall–Kier alpha value is -1.39. The van der Waals surface area contributed by atoms with Gasteiger partial charge in [0.05, 0.1) is 23.1 Å². The molecule has 5 heteroatoms. The molecule has 2 rings (SSSR count). The number of aromatic nitrogens is 3. The summed E-state index contributed by atoms with van der Waals surface area (Å²) in [6.45, 7) is 0.419. The van der Waals surface area contributed by atoms with E-state index in [4.69, 9.17) is 17.3 Å². The Morgan fingerprint density at radius 2 is 2.29 bits per heavy atom. The van der Waals surface area contributed by atoms with E-state index in [9.17, 15) is 0 Å². The zero-order valence-corrected chi connectivity index (χ0v) is 8.15. The number of rotatable bonds is 2. The molecule has 0 amide bonds. The number of pyridine rings is 1. The van der Waals surface area contributed by atoms with Gasteiger partial charge in [0.15, 0.2) is 5.82 Å². The molecule has 2 N–H and O–H groups in total. The monoisotopic (exact) mass is 208 g/mol. The number of halogens is 1. The summed E-state index contributed by atoms with van der Waals surface area (Å²) < 4.78 is 1.61. The lowest BCUT2D eigenvalue weighted by molar-refractivity contribution is 0.829. The highest BCUT2D eigenvalue weighted by atomic mass is 35.5. The van der Waals surface area contributed by atoms with Gasteiger partial charge in [-0.1, -0.05) is 17.7 Å². The van der Waals surface area contributed by atoms with Crippen LogP contribution in [0.2, 0.25) is 5.02 Å². The molecule has 0 saturated heterocycles. The first-order chi connectivity index (χ1) is 6.79. The van der Waals surface area contributed by atoms with E-state index in [1.54, 1.807) is 17.1 Å². The molecule has 4 nitrogen and oxygen atoms in total. The summed E-state index contributed by atoms with van der Waals surface area (Å²) in [5, 5.41) is 4.63. The van der Waals surface area contributed by atoms with E-state index in [-0.39, 0.29) is 0 Å². The van der Waals surface area contributed by atoms with Crippen molar-refractivity contribution in [3.05, 3.63) is 41.3 Å². The normalized spacial score (nSPS) is 10.4. The smallest absolute Gasteiger partial charge is 0.153 e. The lowest BCUT2D eigenvalue weighted by Crippen LogP contribution is -2.04. The quantitative estimate of drug-likeness (QED) is 0.811. The predicted molar refractivity (Wildman–Crippen MR) is 54.3 cm³/mol. The fourth-order valence-electron chi connectivity index (χ4n) is 1.13. The van der Waals surface area contributed by atoms with Gasteiger partial charge in [0.25, 0.3) is 0 Å². The van der Waals surface area contributed by atoms with E-state index >= 15 is 0 Å². The molecule has 0 spiro atoms. The Labute approximate surface area is 86.3 Å². The molecule has 0 unspecified atom stereocenters. The van der Waals surface area contributed by atoms with E-state index in [0.29, 0.717) is 11.6 Å². The number of hydrogen-bond donors (Lipinski definition) is 1. The molecule has 14 heavy (non-hydrogen) atoms. The molecule has 2 aromatic rings. The van der Waals surface area contributed by atoms with Crippen LogP contribution in [-0.4, -0.2) is 14.8 Å². The summed E-state index contributed by atoms with van der Waals surface area (Å²) in [7, 11) is 0. The van der Waals surface area contributed by atoms with Crippen LogP contribution in [0.15, 0.2) is 30.6 Å². The van der Waals surface area contributed by atoms with Crippen LogP contribution in [0, 0.1) is 0 Å². The van der Waals surface area contributed by atoms with E-state index < -0.39 is 0 Å². The van der Waals surface area contributed by atoms with Crippen molar-refractivity contribution in [2.75, 3.05) is 0 Å². The topological polar surface area (TPSA) is 56.7 Å². The van der Waals surface area contributed by atoms with E-state index in [1.165, 1.54) is 0 Å². The van der Waals surface area contributed by atoms with Crippen LogP contribution in [0.3, 0.4) is 0 Å². The third kappa shape index (κ3) is 1.76. The van der Waals surface area contributed by atoms with E-state index in [1.807, 2.05) is 18.2 Å². The first kappa shape index (κ1) is 9.18. The molecule has 0 aliphatic carbocycles. The lowest BCUT2D eigenvalue weighted by atomic mass is 10.3. The molecule has 0 fully saturated rings. The zero-order chi connectivity index (χ0) is 9.97. The molecule has 72 valence electrons. The van der Waals surface area contributed by atoms with Crippen LogP contribution in [-0.2, 0) is 6.54 Å². The molecule has 0 aromatic carbocycles. The molecule has 0 radical (unpaired) electrons. The molecule has 2 heterocycles. The standard InChI is InChI=1S/C9H9ClN4/c10-7-5-12-14(6-7)9-3-1-2-8(4-11)13-9/h1-3,5-6H,4,11H2. The summed E-state index contributed by atoms with van der Waals surface area (Å²) in [4.78, 5) is 4.29. The Morgan fingerprint density at radius 1 is 1.43 bits per heavy atom. The van der Waals surface area contributed by atoms with Gasteiger partial charge in [0, 0.05) is 6.54 Å². The van der Waals surface area contributed by atoms with Crippen molar-refractivity contribution in [2.24, 2.45) is 5.73 Å². The maximum absolute atomic E-state index is 5.75. The van der Waals surface area contributed by atoms with Crippen molar-refractivity contribution in [1.29, 1.82) is 0 Å². The van der Waals surface area contributed by atoms with Crippen molar-refractivity contribution in [3.8, 4) is 5.82 Å². The van der Waals surface area contributed by atoms with Gasteiger partial charge in [0.1, 0.15) is 0 Å². The minimum absolute atomic E-state index is 0.419. The maximum atomic E-state index is 5.75. The van der Waals surface area contributed by atoms with Gasteiger partial charge in [-0.3, -0.25) is 0 Å². The van der Waals surface area contributed by atoms with Crippen molar-refractivity contribution in [2.45, 2.75) is 6.54 Å². The molecule has 0 saturated carbocycles. The van der Waals surface area contributed by atoms with Crippen molar-refractivity contribution < 1.29 is 0 Å². The van der Waals surface area contributed by atoms with Crippen LogP contribution in [0.1, 0.15) is 5.69 Å². The Bertz CT molecular complexity index is 438. The minimum atomic E-state index is 0.419. The van der Waals surface area contributed by atoms with Gasteiger partial charge in [-0.15, -0.1) is 0 Å². The minimum Gasteiger partial charge on any atom is -0.325 e. The Kier molecular flexibility index (Phi) is 2.47. The van der Waals surface area contributed by atoms with Crippen LogP contribution >= 0.6 is 11.6 Å². The second-order valence-electron chi connectivity index (χ2n) is 2.79. The highest BCUT2D eigenvalue weighted by molar-refractivity contribution is 6.30. The second-order valence-corrected chi connectivity index (χ2v) is 3.23. The van der Waals surface area contributed by atoms with Gasteiger partial charge >= 0.3 is 0 Å². The summed E-state index contributed by atoms with van der Waals surface area (Å²) in [5.74, 6) is 0.722. The number of nitrogens with two attached hydrogens (primary N) is 1. The van der Waals surface area contributed by atoms with Gasteiger partial charge in [-0.05, 0) is 12.1 Å². The molecule has 2 aromatic heterocycles. The fraction of sp³-hybridized carbons (Fsp3) is 0.111. The summed E-state index contributed by atoms with van der Waals surface area (Å²) in [6.07, 6.45) is 3.27. The van der Waals surface area contributed by atoms with Crippen molar-refractivity contribution in [3.63, 3.8) is 0 Å². The van der Waals surface area contributed by atoms with Gasteiger partial charge in [-0.2, -0.15) is 5.10 Å². The van der Waals surface area contributed by atoms with Gasteiger partial charge in [0.2, 0.25) is 0 Å².